The number of halogens is 3. The Morgan fingerprint density at radius 2 is 1.12 bits per heavy atom. The first-order valence-corrected chi connectivity index (χ1v) is 13.2. The van der Waals surface area contributed by atoms with E-state index in [1.165, 1.54) is 0 Å². The van der Waals surface area contributed by atoms with Crippen molar-refractivity contribution in [2.24, 2.45) is 0 Å². The molecule has 0 N–H and O–H groups in total. The van der Waals surface area contributed by atoms with E-state index in [4.69, 9.17) is 4.52 Å². The van der Waals surface area contributed by atoms with Crippen LogP contribution in [0.25, 0.3) is 0 Å². The van der Waals surface area contributed by atoms with E-state index >= 15 is 0 Å². The van der Waals surface area contributed by atoms with Gasteiger partial charge in [0, 0.05) is 0 Å². The van der Waals surface area contributed by atoms with E-state index in [9.17, 15) is 18.0 Å². The molecule has 0 heterocycles. The summed E-state index contributed by atoms with van der Waals surface area (Å²) >= 11 is 0. The molecule has 6 heteroatoms. The number of hydrogen-bond acceptors (Lipinski definition) is 2. The molecule has 3 aromatic carbocycles. The molecule has 0 saturated carbocycles. The van der Waals surface area contributed by atoms with E-state index in [1.807, 2.05) is 18.2 Å². The van der Waals surface area contributed by atoms with Gasteiger partial charge < -0.3 is 0 Å². The third-order valence-corrected chi connectivity index (χ3v) is 11.8. The molecule has 0 saturated heterocycles. The Bertz CT molecular complexity index is 906. The predicted molar refractivity (Wildman–Crippen MR) is 126 cm³/mol. The molecule has 32 heavy (non-hydrogen) atoms. The second kappa shape index (κ2) is 9.87. The first-order valence-electron chi connectivity index (χ1n) is 10.8. The molecule has 2 nitrogen and oxygen atoms in total. The molecule has 0 aliphatic heterocycles. The van der Waals surface area contributed by atoms with Crippen molar-refractivity contribution in [1.29, 1.82) is 0 Å². The van der Waals surface area contributed by atoms with E-state index in [-0.39, 0.29) is 0 Å². The van der Waals surface area contributed by atoms with Crippen molar-refractivity contribution < 1.29 is 22.5 Å². The van der Waals surface area contributed by atoms with E-state index < -0.39 is 19.0 Å². The zero-order valence-electron chi connectivity index (χ0n) is 18.1. The van der Waals surface area contributed by atoms with Crippen LogP contribution >= 0.6 is 6.83 Å². The van der Waals surface area contributed by atoms with E-state index in [2.05, 4.69) is 6.92 Å². The van der Waals surface area contributed by atoms with Crippen LogP contribution in [0.3, 0.4) is 0 Å². The number of carbonyl (C=O) groups is 1. The van der Waals surface area contributed by atoms with Crippen molar-refractivity contribution in [3.63, 3.8) is 0 Å². The summed E-state index contributed by atoms with van der Waals surface area (Å²) in [5.74, 6) is -2.15. The van der Waals surface area contributed by atoms with E-state index in [0.29, 0.717) is 28.5 Å². The van der Waals surface area contributed by atoms with Crippen molar-refractivity contribution in [3.8, 4) is 0 Å². The van der Waals surface area contributed by atoms with Crippen molar-refractivity contribution in [2.75, 3.05) is 6.16 Å². The molecular formula is C26H28F3O2P. The van der Waals surface area contributed by atoms with Crippen molar-refractivity contribution >= 4 is 28.7 Å². The maximum atomic E-state index is 13.7. The summed E-state index contributed by atoms with van der Waals surface area (Å²) in [5, 5.41) is 1.85. The fraction of sp³-hybridized carbons (Fsp3) is 0.269. The fourth-order valence-electron chi connectivity index (χ4n) is 4.34. The van der Waals surface area contributed by atoms with Gasteiger partial charge in [0.2, 0.25) is 0 Å². The molecule has 0 bridgehead atoms. The standard InChI is InChI=1S/C26H28F3O2P/c1-2-3-4-14-21-32(22-15-8-5-9-16-22,23-17-10-6-11-18-23,24-19-12-7-13-20-24)31-25(30)26(27,28)29/h5-13,15-20H,2-4,14,21H2,1H3. The number of carbonyl (C=O) groups excluding carboxylic acids is 1. The third-order valence-electron chi connectivity index (χ3n) is 5.86. The average molecular weight is 460 g/mol. The summed E-state index contributed by atoms with van der Waals surface area (Å²) in [5.41, 5.74) is 0. The van der Waals surface area contributed by atoms with Gasteiger partial charge in [0.15, 0.2) is 0 Å². The Labute approximate surface area is 187 Å². The summed E-state index contributed by atoms with van der Waals surface area (Å²) in [6.07, 6.45) is -1.38. The summed E-state index contributed by atoms with van der Waals surface area (Å²) in [4.78, 5) is 12.6. The molecule has 3 rings (SSSR count). The molecule has 0 aliphatic rings. The Morgan fingerprint density at radius 3 is 1.47 bits per heavy atom. The van der Waals surface area contributed by atoms with Gasteiger partial charge in [0.05, 0.1) is 0 Å². The Hall–Kier alpha value is -2.65. The van der Waals surface area contributed by atoms with Gasteiger partial charge in [0.25, 0.3) is 0 Å². The zero-order valence-corrected chi connectivity index (χ0v) is 19.0. The van der Waals surface area contributed by atoms with Gasteiger partial charge in [0.1, 0.15) is 0 Å². The Morgan fingerprint density at radius 1 is 0.719 bits per heavy atom. The number of rotatable bonds is 9. The van der Waals surface area contributed by atoms with E-state index in [1.54, 1.807) is 72.8 Å². The van der Waals surface area contributed by atoms with Gasteiger partial charge >= 0.3 is 187 Å². The third kappa shape index (κ3) is 4.45. The second-order valence-corrected chi connectivity index (χ2v) is 12.5. The molecule has 0 atom stereocenters. The monoisotopic (exact) mass is 460 g/mol. The summed E-state index contributed by atoms with van der Waals surface area (Å²) < 4.78 is 47.0. The van der Waals surface area contributed by atoms with Crippen LogP contribution in [0, 0.1) is 0 Å². The van der Waals surface area contributed by atoms with Gasteiger partial charge in [-0.3, -0.25) is 0 Å². The summed E-state index contributed by atoms with van der Waals surface area (Å²) in [6.45, 7) is -2.21. The Kier molecular flexibility index (Phi) is 7.40. The van der Waals surface area contributed by atoms with Crippen molar-refractivity contribution in [3.05, 3.63) is 91.0 Å². The first kappa shape index (κ1) is 24.0. The second-order valence-electron chi connectivity index (χ2n) is 7.88. The Balaban J connectivity index is 2.42. The van der Waals surface area contributed by atoms with Crippen LogP contribution in [-0.2, 0) is 9.32 Å². The van der Waals surface area contributed by atoms with Crippen LogP contribution in [0.15, 0.2) is 91.0 Å². The quantitative estimate of drug-likeness (QED) is 0.284. The summed E-state index contributed by atoms with van der Waals surface area (Å²) in [6, 6.07) is 26.9. The number of alkyl halides is 3. The predicted octanol–water partition coefficient (Wildman–Crippen LogP) is 6.12. The van der Waals surface area contributed by atoms with Crippen LogP contribution in [-0.4, -0.2) is 18.3 Å². The van der Waals surface area contributed by atoms with Crippen LogP contribution in [0.4, 0.5) is 13.2 Å². The summed E-state index contributed by atoms with van der Waals surface area (Å²) in [7, 11) is 0. The molecular weight excluding hydrogens is 432 g/mol. The van der Waals surface area contributed by atoms with Gasteiger partial charge in [-0.25, -0.2) is 0 Å². The molecule has 3 aromatic rings. The van der Waals surface area contributed by atoms with Gasteiger partial charge in [-0.2, -0.15) is 0 Å². The molecule has 0 radical (unpaired) electrons. The van der Waals surface area contributed by atoms with Gasteiger partial charge in [-0.1, -0.05) is 0 Å². The molecule has 0 amide bonds. The van der Waals surface area contributed by atoms with Gasteiger partial charge in [-0.15, -0.1) is 0 Å². The number of hydrogen-bond donors (Lipinski definition) is 0. The fourth-order valence-corrected chi connectivity index (χ4v) is 10.1. The molecule has 0 fully saturated rings. The van der Waals surface area contributed by atoms with Gasteiger partial charge in [-0.05, 0) is 0 Å². The number of benzene rings is 3. The van der Waals surface area contributed by atoms with Crippen LogP contribution in [0.5, 0.6) is 0 Å². The number of unbranched alkanes of at least 4 members (excludes halogenated alkanes) is 3. The molecule has 0 spiro atoms. The van der Waals surface area contributed by atoms with Crippen molar-refractivity contribution in [1.82, 2.24) is 0 Å². The zero-order chi connectivity index (χ0) is 23.1. The van der Waals surface area contributed by atoms with Crippen LogP contribution in [0.2, 0.25) is 0 Å². The topological polar surface area (TPSA) is 26.3 Å². The first-order chi connectivity index (χ1) is 15.3. The minimum absolute atomic E-state index is 0.311. The molecule has 0 aromatic heterocycles. The molecule has 0 aliphatic carbocycles. The maximum absolute atomic E-state index is 13.7. The molecule has 170 valence electrons. The van der Waals surface area contributed by atoms with Crippen molar-refractivity contribution in [2.45, 2.75) is 38.8 Å². The SMILES string of the molecule is CCCCCCP(OC(=O)C(F)(F)F)(c1ccccc1)(c1ccccc1)c1ccccc1. The van der Waals surface area contributed by atoms with Crippen LogP contribution < -0.4 is 15.9 Å². The van der Waals surface area contributed by atoms with Crippen LogP contribution in [0.1, 0.15) is 32.6 Å². The minimum atomic E-state index is -5.11. The molecule has 0 unspecified atom stereocenters. The average Bonchev–Trinajstić information content (AvgIpc) is 2.82. The normalized spacial score (nSPS) is 13.2. The van der Waals surface area contributed by atoms with E-state index in [0.717, 1.165) is 19.3 Å².